The van der Waals surface area contributed by atoms with Gasteiger partial charge < -0.3 is 20.7 Å². The van der Waals surface area contributed by atoms with Gasteiger partial charge in [-0.15, -0.1) is 0 Å². The van der Waals surface area contributed by atoms with Gasteiger partial charge in [0.05, 0.1) is 17.3 Å². The molecule has 0 aliphatic heterocycles. The second kappa shape index (κ2) is 6.53. The summed E-state index contributed by atoms with van der Waals surface area (Å²) < 4.78 is 0. The molecule has 1 rings (SSSR count). The first-order chi connectivity index (χ1) is 8.60. The van der Waals surface area contributed by atoms with Gasteiger partial charge in [-0.25, -0.2) is 0 Å². The van der Waals surface area contributed by atoms with Crippen molar-refractivity contribution in [3.63, 3.8) is 0 Å². The smallest absolute Gasteiger partial charge is 0.364 e. The first-order valence-electron chi connectivity index (χ1n) is 5.76. The minimum atomic E-state index is -0.619. The number of carbonyl (C=O) groups is 1. The molecule has 0 radical (unpaired) electrons. The third kappa shape index (κ3) is 3.41. The molecule has 0 saturated heterocycles. The number of nitrogens with one attached hydrogen (secondary N) is 2. The van der Waals surface area contributed by atoms with E-state index in [2.05, 4.69) is 15.6 Å². The molecule has 7 heteroatoms. The molecule has 0 unspecified atom stereocenters. The lowest BCUT2D eigenvalue weighted by Crippen LogP contribution is -2.24. The van der Waals surface area contributed by atoms with E-state index >= 15 is 0 Å². The average molecular weight is 252 g/mol. The second-order valence-corrected chi connectivity index (χ2v) is 3.63. The number of nitrogens with zero attached hydrogens (tertiary/aromatic N) is 2. The van der Waals surface area contributed by atoms with Crippen LogP contribution in [0.5, 0.6) is 0 Å². The lowest BCUT2D eigenvalue weighted by molar-refractivity contribution is -0.389. The van der Waals surface area contributed by atoms with Gasteiger partial charge >= 0.3 is 5.82 Å². The third-order valence-corrected chi connectivity index (χ3v) is 2.22. The number of nitro groups is 1. The Hall–Kier alpha value is -2.18. The van der Waals surface area contributed by atoms with Crippen LogP contribution in [0.15, 0.2) is 12.3 Å². The maximum Gasteiger partial charge on any atom is 0.364 e. The Balaban J connectivity index is 3.09. The summed E-state index contributed by atoms with van der Waals surface area (Å²) in [5, 5.41) is 16.3. The normalized spacial score (nSPS) is 9.89. The highest BCUT2D eigenvalue weighted by Gasteiger charge is 2.18. The van der Waals surface area contributed by atoms with E-state index in [9.17, 15) is 14.9 Å². The van der Waals surface area contributed by atoms with Gasteiger partial charge in [-0.3, -0.25) is 4.79 Å². The summed E-state index contributed by atoms with van der Waals surface area (Å²) in [5.41, 5.74) is 0.750. The highest BCUT2D eigenvalue weighted by Crippen LogP contribution is 2.19. The standard InChI is InChI=1S/C11H16N4O3/c1-3-5-13-9-7-14-10(15(17)18)6-8(9)11(16)12-4-2/h6-7,13H,3-5H2,1-2H3,(H,12,16). The van der Waals surface area contributed by atoms with Crippen LogP contribution in [0, 0.1) is 10.1 Å². The van der Waals surface area contributed by atoms with E-state index < -0.39 is 4.92 Å². The summed E-state index contributed by atoms with van der Waals surface area (Å²) >= 11 is 0. The summed E-state index contributed by atoms with van der Waals surface area (Å²) in [6, 6.07) is 1.18. The fourth-order valence-corrected chi connectivity index (χ4v) is 1.39. The lowest BCUT2D eigenvalue weighted by atomic mass is 10.2. The topological polar surface area (TPSA) is 97.2 Å². The molecule has 0 atom stereocenters. The molecule has 1 aromatic heterocycles. The van der Waals surface area contributed by atoms with Gasteiger partial charge in [-0.1, -0.05) is 6.92 Å². The molecule has 0 saturated carbocycles. The summed E-state index contributed by atoms with van der Waals surface area (Å²) in [7, 11) is 0. The van der Waals surface area contributed by atoms with Crippen LogP contribution >= 0.6 is 0 Å². The van der Waals surface area contributed by atoms with Crippen molar-refractivity contribution in [2.24, 2.45) is 0 Å². The number of hydrogen-bond acceptors (Lipinski definition) is 5. The number of pyridine rings is 1. The fraction of sp³-hybridized carbons (Fsp3) is 0.455. The van der Waals surface area contributed by atoms with Crippen LogP contribution < -0.4 is 10.6 Å². The molecule has 1 aromatic rings. The number of aromatic nitrogens is 1. The molecule has 0 spiro atoms. The van der Waals surface area contributed by atoms with Gasteiger partial charge in [0.2, 0.25) is 0 Å². The van der Waals surface area contributed by atoms with Crippen LogP contribution in [-0.4, -0.2) is 28.9 Å². The van der Waals surface area contributed by atoms with Crippen molar-refractivity contribution in [2.45, 2.75) is 20.3 Å². The number of rotatable bonds is 6. The van der Waals surface area contributed by atoms with Crippen LogP contribution in [-0.2, 0) is 0 Å². The van der Waals surface area contributed by atoms with E-state index in [-0.39, 0.29) is 17.3 Å². The van der Waals surface area contributed by atoms with Crippen molar-refractivity contribution < 1.29 is 9.72 Å². The molecule has 7 nitrogen and oxygen atoms in total. The van der Waals surface area contributed by atoms with Gasteiger partial charge in [0, 0.05) is 13.1 Å². The maximum atomic E-state index is 11.8. The molecule has 1 heterocycles. The quantitative estimate of drug-likeness (QED) is 0.591. The van der Waals surface area contributed by atoms with Crippen molar-refractivity contribution in [3.8, 4) is 0 Å². The monoisotopic (exact) mass is 252 g/mol. The highest BCUT2D eigenvalue weighted by atomic mass is 16.6. The SMILES string of the molecule is CCCNc1cnc([N+](=O)[O-])cc1C(=O)NCC. The molecular formula is C11H16N4O3. The lowest BCUT2D eigenvalue weighted by Gasteiger charge is -2.09. The Bertz CT molecular complexity index is 448. The molecule has 0 aromatic carbocycles. The van der Waals surface area contributed by atoms with Gasteiger partial charge in [-0.2, -0.15) is 0 Å². The molecule has 1 amide bonds. The van der Waals surface area contributed by atoms with E-state index in [0.29, 0.717) is 18.8 Å². The van der Waals surface area contributed by atoms with Crippen molar-refractivity contribution in [3.05, 3.63) is 27.9 Å². The van der Waals surface area contributed by atoms with Gasteiger partial charge in [0.15, 0.2) is 6.20 Å². The molecule has 0 aliphatic rings. The van der Waals surface area contributed by atoms with Gasteiger partial charge in [-0.05, 0) is 23.3 Å². The predicted molar refractivity (Wildman–Crippen MR) is 67.7 cm³/mol. The molecule has 0 fully saturated rings. The van der Waals surface area contributed by atoms with Crippen LogP contribution in [0.4, 0.5) is 11.5 Å². The van der Waals surface area contributed by atoms with Crippen LogP contribution in [0.1, 0.15) is 30.6 Å². The van der Waals surface area contributed by atoms with Crippen LogP contribution in [0.2, 0.25) is 0 Å². The zero-order valence-corrected chi connectivity index (χ0v) is 10.4. The Morgan fingerprint density at radius 1 is 1.50 bits per heavy atom. The number of anilines is 1. The average Bonchev–Trinajstić information content (AvgIpc) is 2.36. The van der Waals surface area contributed by atoms with Gasteiger partial charge in [0.1, 0.15) is 0 Å². The summed E-state index contributed by atoms with van der Waals surface area (Å²) in [6.07, 6.45) is 2.20. The molecule has 0 aliphatic carbocycles. The van der Waals surface area contributed by atoms with Crippen LogP contribution in [0.25, 0.3) is 0 Å². The van der Waals surface area contributed by atoms with E-state index in [0.717, 1.165) is 6.42 Å². The predicted octanol–water partition coefficient (Wildman–Crippen LogP) is 1.56. The molecule has 0 bridgehead atoms. The second-order valence-electron chi connectivity index (χ2n) is 3.63. The van der Waals surface area contributed by atoms with E-state index in [1.54, 1.807) is 6.92 Å². The fourth-order valence-electron chi connectivity index (χ4n) is 1.39. The number of carbonyl (C=O) groups excluding carboxylic acids is 1. The Morgan fingerprint density at radius 2 is 2.22 bits per heavy atom. The number of amides is 1. The zero-order valence-electron chi connectivity index (χ0n) is 10.4. The Kier molecular flexibility index (Phi) is 5.04. The zero-order chi connectivity index (χ0) is 13.5. The molecular weight excluding hydrogens is 236 g/mol. The first-order valence-corrected chi connectivity index (χ1v) is 5.76. The van der Waals surface area contributed by atoms with Crippen molar-refractivity contribution >= 4 is 17.4 Å². The Morgan fingerprint density at radius 3 is 2.78 bits per heavy atom. The minimum Gasteiger partial charge on any atom is -0.381 e. The largest absolute Gasteiger partial charge is 0.381 e. The maximum absolute atomic E-state index is 11.8. The minimum absolute atomic E-state index is 0.243. The molecule has 18 heavy (non-hydrogen) atoms. The van der Waals surface area contributed by atoms with E-state index in [1.165, 1.54) is 12.3 Å². The first kappa shape index (κ1) is 13.9. The van der Waals surface area contributed by atoms with Crippen molar-refractivity contribution in [1.82, 2.24) is 10.3 Å². The number of hydrogen-bond donors (Lipinski definition) is 2. The summed E-state index contributed by atoms with van der Waals surface area (Å²) in [5.74, 6) is -0.681. The van der Waals surface area contributed by atoms with Crippen LogP contribution in [0.3, 0.4) is 0 Å². The highest BCUT2D eigenvalue weighted by molar-refractivity contribution is 5.99. The van der Waals surface area contributed by atoms with Gasteiger partial charge in [0.25, 0.3) is 5.91 Å². The van der Waals surface area contributed by atoms with E-state index in [4.69, 9.17) is 0 Å². The van der Waals surface area contributed by atoms with Crippen molar-refractivity contribution in [2.75, 3.05) is 18.4 Å². The molecule has 2 N–H and O–H groups in total. The van der Waals surface area contributed by atoms with E-state index in [1.807, 2.05) is 6.92 Å². The van der Waals surface area contributed by atoms with Crippen molar-refractivity contribution in [1.29, 1.82) is 0 Å². The third-order valence-electron chi connectivity index (χ3n) is 2.22. The Labute approximate surface area is 105 Å². The summed E-state index contributed by atoms with van der Waals surface area (Å²) in [6.45, 7) is 4.90. The molecule has 98 valence electrons. The summed E-state index contributed by atoms with van der Waals surface area (Å²) in [4.78, 5) is 25.5.